The number of aromatic nitrogens is 2. The maximum atomic E-state index is 13.3. The first-order chi connectivity index (χ1) is 16.0. The lowest BCUT2D eigenvalue weighted by Crippen LogP contribution is -2.30. The van der Waals surface area contributed by atoms with Gasteiger partial charge in [-0.1, -0.05) is 44.9 Å². The summed E-state index contributed by atoms with van der Waals surface area (Å²) in [4.78, 5) is 15.2. The second kappa shape index (κ2) is 9.69. The zero-order valence-corrected chi connectivity index (χ0v) is 19.9. The third kappa shape index (κ3) is 4.34. The number of aromatic hydroxyl groups is 1. The van der Waals surface area contributed by atoms with E-state index in [9.17, 15) is 9.90 Å². The number of unbranched alkanes of at least 4 members (excludes halogenated alkanes) is 2. The van der Waals surface area contributed by atoms with Crippen molar-refractivity contribution in [1.82, 2.24) is 15.1 Å². The minimum absolute atomic E-state index is 0.0562. The van der Waals surface area contributed by atoms with Crippen molar-refractivity contribution < 1.29 is 14.6 Å². The Morgan fingerprint density at radius 3 is 2.55 bits per heavy atom. The van der Waals surface area contributed by atoms with Gasteiger partial charge in [-0.15, -0.1) is 0 Å². The number of H-pyrrole nitrogens is 1. The summed E-state index contributed by atoms with van der Waals surface area (Å²) >= 11 is 0. The van der Waals surface area contributed by atoms with Crippen LogP contribution in [0.25, 0.3) is 11.3 Å². The molecular formula is C27H33N3O3. The molecule has 6 nitrogen and oxygen atoms in total. The van der Waals surface area contributed by atoms with Crippen LogP contribution in [0, 0.1) is 13.8 Å². The van der Waals surface area contributed by atoms with E-state index in [-0.39, 0.29) is 17.7 Å². The van der Waals surface area contributed by atoms with Gasteiger partial charge < -0.3 is 14.7 Å². The average molecular weight is 448 g/mol. The molecule has 3 aromatic rings. The maximum absolute atomic E-state index is 13.3. The Balaban J connectivity index is 1.74. The number of nitrogens with zero attached hydrogens (tertiary/aromatic N) is 2. The molecule has 1 unspecified atom stereocenters. The first-order valence-electron chi connectivity index (χ1n) is 11.9. The van der Waals surface area contributed by atoms with Crippen molar-refractivity contribution in [2.24, 2.45) is 0 Å². The molecule has 2 aromatic carbocycles. The van der Waals surface area contributed by atoms with Crippen LogP contribution in [0.4, 0.5) is 0 Å². The fraction of sp³-hybridized carbons (Fsp3) is 0.407. The number of amides is 1. The number of benzene rings is 2. The fourth-order valence-corrected chi connectivity index (χ4v) is 4.65. The van der Waals surface area contributed by atoms with Crippen LogP contribution < -0.4 is 4.74 Å². The summed E-state index contributed by atoms with van der Waals surface area (Å²) in [6, 6.07) is 11.6. The van der Waals surface area contributed by atoms with E-state index >= 15 is 0 Å². The molecule has 1 aromatic heterocycles. The number of nitrogens with one attached hydrogen (secondary N) is 1. The van der Waals surface area contributed by atoms with Gasteiger partial charge in [0.25, 0.3) is 5.91 Å². The van der Waals surface area contributed by atoms with Gasteiger partial charge in [0.05, 0.1) is 12.6 Å². The molecule has 174 valence electrons. The molecule has 6 heteroatoms. The van der Waals surface area contributed by atoms with Crippen LogP contribution in [0.1, 0.15) is 78.3 Å². The van der Waals surface area contributed by atoms with Gasteiger partial charge in [0.15, 0.2) is 0 Å². The van der Waals surface area contributed by atoms with E-state index in [0.29, 0.717) is 30.1 Å². The molecule has 4 rings (SSSR count). The number of phenols is 1. The van der Waals surface area contributed by atoms with Gasteiger partial charge in [0, 0.05) is 17.7 Å². The summed E-state index contributed by atoms with van der Waals surface area (Å²) in [5.41, 5.74) is 5.43. The highest BCUT2D eigenvalue weighted by atomic mass is 16.5. The largest absolute Gasteiger partial charge is 0.507 e. The topological polar surface area (TPSA) is 78.5 Å². The van der Waals surface area contributed by atoms with E-state index < -0.39 is 0 Å². The lowest BCUT2D eigenvalue weighted by molar-refractivity contribution is 0.0744. The maximum Gasteiger partial charge on any atom is 0.273 e. The van der Waals surface area contributed by atoms with E-state index in [1.165, 1.54) is 0 Å². The van der Waals surface area contributed by atoms with Gasteiger partial charge >= 0.3 is 0 Å². The highest BCUT2D eigenvalue weighted by Crippen LogP contribution is 2.45. The Morgan fingerprint density at radius 1 is 1.09 bits per heavy atom. The van der Waals surface area contributed by atoms with Crippen LogP contribution >= 0.6 is 0 Å². The highest BCUT2D eigenvalue weighted by molar-refractivity contribution is 6.00. The molecule has 33 heavy (non-hydrogen) atoms. The number of hydrogen-bond donors (Lipinski definition) is 2. The smallest absolute Gasteiger partial charge is 0.273 e. The number of carbonyl (C=O) groups excluding carboxylic acids is 1. The summed E-state index contributed by atoms with van der Waals surface area (Å²) in [6.45, 7) is 9.46. The summed E-state index contributed by atoms with van der Waals surface area (Å²) in [5, 5.41) is 18.3. The number of rotatable bonds is 9. The normalized spacial score (nSPS) is 15.2. The van der Waals surface area contributed by atoms with Gasteiger partial charge in [-0.3, -0.25) is 9.89 Å². The van der Waals surface area contributed by atoms with Gasteiger partial charge in [0.2, 0.25) is 0 Å². The second-order valence-corrected chi connectivity index (χ2v) is 8.86. The Kier molecular flexibility index (Phi) is 6.72. The van der Waals surface area contributed by atoms with E-state index in [2.05, 4.69) is 24.0 Å². The fourth-order valence-electron chi connectivity index (χ4n) is 4.65. The molecule has 0 radical (unpaired) electrons. The number of hydrogen-bond acceptors (Lipinski definition) is 4. The molecule has 0 spiro atoms. The highest BCUT2D eigenvalue weighted by Gasteiger charge is 2.42. The van der Waals surface area contributed by atoms with Gasteiger partial charge in [0.1, 0.15) is 22.9 Å². The molecule has 1 aliphatic rings. The summed E-state index contributed by atoms with van der Waals surface area (Å²) in [5.74, 6) is 0.978. The SMILES string of the molecule is CCCCCOc1ccc(C2c3c(-c4cc(C)cc(C)c4O)n[nH]c3C(=O)N2CCC)cc1. The van der Waals surface area contributed by atoms with E-state index in [1.807, 2.05) is 55.1 Å². The molecule has 1 aliphatic heterocycles. The van der Waals surface area contributed by atoms with Gasteiger partial charge in [-0.2, -0.15) is 5.10 Å². The predicted octanol–water partition coefficient (Wildman–Crippen LogP) is 5.92. The number of carbonyl (C=O) groups is 1. The Morgan fingerprint density at radius 2 is 1.85 bits per heavy atom. The van der Waals surface area contributed by atoms with Crippen LogP contribution in [0.15, 0.2) is 36.4 Å². The number of ether oxygens (including phenoxy) is 1. The number of phenolic OH excluding ortho intramolecular Hbond substituents is 1. The molecular weight excluding hydrogens is 414 g/mol. The molecule has 0 bridgehead atoms. The van der Waals surface area contributed by atoms with Gasteiger partial charge in [-0.25, -0.2) is 0 Å². The summed E-state index contributed by atoms with van der Waals surface area (Å²) < 4.78 is 5.88. The third-order valence-electron chi connectivity index (χ3n) is 6.24. The zero-order chi connectivity index (χ0) is 23.5. The molecule has 1 atom stereocenters. The Hall–Kier alpha value is -3.28. The molecule has 2 heterocycles. The van der Waals surface area contributed by atoms with Crippen molar-refractivity contribution in [2.75, 3.05) is 13.2 Å². The Bertz CT molecular complexity index is 1130. The van der Waals surface area contributed by atoms with Gasteiger partial charge in [-0.05, 0) is 61.6 Å². The van der Waals surface area contributed by atoms with E-state index in [1.54, 1.807) is 0 Å². The lowest BCUT2D eigenvalue weighted by Gasteiger charge is -2.26. The lowest BCUT2D eigenvalue weighted by atomic mass is 9.94. The van der Waals surface area contributed by atoms with Crippen molar-refractivity contribution in [3.8, 4) is 22.8 Å². The molecule has 0 saturated heterocycles. The Labute approximate surface area is 195 Å². The van der Waals surface area contributed by atoms with E-state index in [0.717, 1.165) is 53.7 Å². The predicted molar refractivity (Wildman–Crippen MR) is 130 cm³/mol. The van der Waals surface area contributed by atoms with Crippen LogP contribution in [0.5, 0.6) is 11.5 Å². The van der Waals surface area contributed by atoms with Crippen molar-refractivity contribution in [1.29, 1.82) is 0 Å². The first kappa shape index (κ1) is 22.9. The van der Waals surface area contributed by atoms with Crippen LogP contribution in [0.3, 0.4) is 0 Å². The van der Waals surface area contributed by atoms with Crippen molar-refractivity contribution in [2.45, 2.75) is 59.4 Å². The third-order valence-corrected chi connectivity index (χ3v) is 6.24. The summed E-state index contributed by atoms with van der Waals surface area (Å²) in [6.07, 6.45) is 4.21. The summed E-state index contributed by atoms with van der Waals surface area (Å²) in [7, 11) is 0. The number of aryl methyl sites for hydroxylation is 2. The van der Waals surface area contributed by atoms with Crippen molar-refractivity contribution in [3.05, 3.63) is 64.3 Å². The van der Waals surface area contributed by atoms with Crippen LogP contribution in [0.2, 0.25) is 0 Å². The number of aromatic amines is 1. The minimum Gasteiger partial charge on any atom is -0.507 e. The van der Waals surface area contributed by atoms with Crippen molar-refractivity contribution in [3.63, 3.8) is 0 Å². The quantitative estimate of drug-likeness (QED) is 0.399. The molecule has 0 aliphatic carbocycles. The van der Waals surface area contributed by atoms with Crippen molar-refractivity contribution >= 4 is 5.91 Å². The molecule has 0 saturated carbocycles. The number of fused-ring (bicyclic) bond motifs is 1. The monoisotopic (exact) mass is 447 g/mol. The zero-order valence-electron chi connectivity index (χ0n) is 19.9. The molecule has 2 N–H and O–H groups in total. The average Bonchev–Trinajstić information content (AvgIpc) is 3.34. The van der Waals surface area contributed by atoms with Crippen LogP contribution in [-0.4, -0.2) is 39.3 Å². The van der Waals surface area contributed by atoms with E-state index in [4.69, 9.17) is 4.74 Å². The minimum atomic E-state index is -0.268. The standard InChI is InChI=1S/C27H33N3O3/c1-5-7-8-14-33-20-11-9-19(10-12-20)25-22-23(21-16-17(3)15-18(4)26(21)31)28-29-24(22)27(32)30(25)13-6-2/h9-12,15-16,25,31H,5-8,13-14H2,1-4H3,(H,28,29). The van der Waals surface area contributed by atoms with Crippen LogP contribution in [-0.2, 0) is 0 Å². The first-order valence-corrected chi connectivity index (χ1v) is 11.9. The molecule has 0 fully saturated rings. The molecule has 1 amide bonds. The second-order valence-electron chi connectivity index (χ2n) is 8.86.